The highest BCUT2D eigenvalue weighted by Gasteiger charge is 2.38. The number of hydrogen-bond donors (Lipinski definition) is 4. The Morgan fingerprint density at radius 3 is 2.75 bits per heavy atom. The van der Waals surface area contributed by atoms with Gasteiger partial charge in [-0.1, -0.05) is 24.6 Å². The lowest BCUT2D eigenvalue weighted by atomic mass is 10.0. The predicted molar refractivity (Wildman–Crippen MR) is 98.0 cm³/mol. The Balaban J connectivity index is 0.00000208. The molecule has 1 saturated heterocycles. The zero-order chi connectivity index (χ0) is 16.4. The summed E-state index contributed by atoms with van der Waals surface area (Å²) in [5.41, 5.74) is 0.458. The third-order valence-electron chi connectivity index (χ3n) is 4.10. The zero-order valence-corrected chi connectivity index (χ0v) is 15.4. The maximum atomic E-state index is 12.5. The molecule has 1 fully saturated rings. The minimum absolute atomic E-state index is 0. The van der Waals surface area contributed by atoms with Gasteiger partial charge in [-0.2, -0.15) is 0 Å². The third kappa shape index (κ3) is 4.17. The SMILES string of the molecule is Cl.O=C(NC(C1CCCCN1)P(=O)(O)O)c1csc2ccccc12. The summed E-state index contributed by atoms with van der Waals surface area (Å²) >= 11 is 1.44. The Kier molecular flexibility index (Phi) is 6.42. The lowest BCUT2D eigenvalue weighted by molar-refractivity contribution is 0.0935. The first-order valence-electron chi connectivity index (χ1n) is 7.52. The zero-order valence-electron chi connectivity index (χ0n) is 12.8. The molecule has 1 aliphatic heterocycles. The van der Waals surface area contributed by atoms with Crippen molar-refractivity contribution >= 4 is 47.3 Å². The first-order valence-corrected chi connectivity index (χ1v) is 10.1. The molecule has 1 aromatic carbocycles. The molecule has 4 N–H and O–H groups in total. The van der Waals surface area contributed by atoms with Gasteiger partial charge in [-0.15, -0.1) is 23.7 Å². The van der Waals surface area contributed by atoms with Crippen LogP contribution in [-0.2, 0) is 4.57 Å². The standard InChI is InChI=1S/C15H19N2O4PS.ClH/c18-14(11-9-23-13-7-2-1-5-10(11)13)17-15(22(19,20)21)12-6-3-4-8-16-12;/h1-2,5,7,9,12,15-16H,3-4,6,8H2,(H,17,18)(H2,19,20,21);1H. The molecule has 0 radical (unpaired) electrons. The van der Waals surface area contributed by atoms with E-state index in [9.17, 15) is 19.1 Å². The average Bonchev–Trinajstić information content (AvgIpc) is 2.96. The summed E-state index contributed by atoms with van der Waals surface area (Å²) in [6.07, 6.45) is 2.51. The van der Waals surface area contributed by atoms with Gasteiger partial charge in [0, 0.05) is 21.5 Å². The Morgan fingerprint density at radius 1 is 1.33 bits per heavy atom. The van der Waals surface area contributed by atoms with Crippen LogP contribution in [0.5, 0.6) is 0 Å². The fourth-order valence-corrected chi connectivity index (χ4v) is 4.88. The number of halogens is 1. The molecular formula is C15H20ClN2O4PS. The molecule has 6 nitrogen and oxygen atoms in total. The van der Waals surface area contributed by atoms with Crippen molar-refractivity contribution in [3.63, 3.8) is 0 Å². The Morgan fingerprint density at radius 2 is 2.08 bits per heavy atom. The highest BCUT2D eigenvalue weighted by molar-refractivity contribution is 7.52. The average molecular weight is 391 g/mol. The largest absolute Gasteiger partial charge is 0.349 e. The van der Waals surface area contributed by atoms with Crippen LogP contribution >= 0.6 is 31.3 Å². The molecule has 0 saturated carbocycles. The van der Waals surface area contributed by atoms with Crippen LogP contribution in [0.15, 0.2) is 29.6 Å². The van der Waals surface area contributed by atoms with E-state index in [2.05, 4.69) is 10.6 Å². The van der Waals surface area contributed by atoms with Gasteiger partial charge in [-0.3, -0.25) is 9.36 Å². The molecule has 2 heterocycles. The van der Waals surface area contributed by atoms with E-state index in [4.69, 9.17) is 0 Å². The van der Waals surface area contributed by atoms with Gasteiger partial charge in [0.1, 0.15) is 5.78 Å². The highest BCUT2D eigenvalue weighted by Crippen LogP contribution is 2.43. The summed E-state index contributed by atoms with van der Waals surface area (Å²) in [5.74, 6) is -1.64. The molecule has 2 unspecified atom stereocenters. The predicted octanol–water partition coefficient (Wildman–Crippen LogP) is 2.70. The molecular weight excluding hydrogens is 371 g/mol. The number of carbonyl (C=O) groups excluding carboxylic acids is 1. The van der Waals surface area contributed by atoms with Crippen molar-refractivity contribution < 1.29 is 19.1 Å². The van der Waals surface area contributed by atoms with Gasteiger partial charge in [-0.05, 0) is 25.5 Å². The highest BCUT2D eigenvalue weighted by atomic mass is 35.5. The van der Waals surface area contributed by atoms with Crippen LogP contribution in [0.1, 0.15) is 29.6 Å². The van der Waals surface area contributed by atoms with Gasteiger partial charge in [0.05, 0.1) is 5.56 Å². The van der Waals surface area contributed by atoms with Crippen LogP contribution in [0.3, 0.4) is 0 Å². The van der Waals surface area contributed by atoms with E-state index >= 15 is 0 Å². The first kappa shape index (κ1) is 19.4. The van der Waals surface area contributed by atoms with Gasteiger partial charge in [-0.25, -0.2) is 0 Å². The molecule has 0 bridgehead atoms. The molecule has 1 amide bonds. The molecule has 3 rings (SSSR count). The molecule has 1 aliphatic rings. The molecule has 0 aliphatic carbocycles. The summed E-state index contributed by atoms with van der Waals surface area (Å²) in [4.78, 5) is 31.8. The fourth-order valence-electron chi connectivity index (χ4n) is 2.93. The van der Waals surface area contributed by atoms with Crippen molar-refractivity contribution in [1.82, 2.24) is 10.6 Å². The van der Waals surface area contributed by atoms with Gasteiger partial charge < -0.3 is 20.4 Å². The second kappa shape index (κ2) is 7.95. The van der Waals surface area contributed by atoms with E-state index < -0.39 is 25.3 Å². The van der Waals surface area contributed by atoms with Crippen LogP contribution in [0, 0.1) is 0 Å². The quantitative estimate of drug-likeness (QED) is 0.602. The summed E-state index contributed by atoms with van der Waals surface area (Å²) in [7, 11) is -4.45. The number of rotatable bonds is 4. The fraction of sp³-hybridized carbons (Fsp3) is 0.400. The van der Waals surface area contributed by atoms with E-state index in [1.807, 2.05) is 24.3 Å². The monoisotopic (exact) mass is 390 g/mol. The third-order valence-corrected chi connectivity index (χ3v) is 6.27. The Labute approximate surface area is 150 Å². The van der Waals surface area contributed by atoms with Crippen LogP contribution < -0.4 is 10.6 Å². The van der Waals surface area contributed by atoms with Crippen molar-refractivity contribution in [2.24, 2.45) is 0 Å². The van der Waals surface area contributed by atoms with E-state index in [0.717, 1.165) is 22.9 Å². The minimum Gasteiger partial charge on any atom is -0.337 e. The molecule has 1 aromatic heterocycles. The summed E-state index contributed by atoms with van der Waals surface area (Å²) in [5, 5.41) is 8.20. The van der Waals surface area contributed by atoms with Crippen LogP contribution in [0.2, 0.25) is 0 Å². The summed E-state index contributed by atoms with van der Waals surface area (Å²) in [6, 6.07) is 7.09. The van der Waals surface area contributed by atoms with Crippen molar-refractivity contribution in [2.45, 2.75) is 31.1 Å². The van der Waals surface area contributed by atoms with Crippen molar-refractivity contribution in [3.8, 4) is 0 Å². The molecule has 0 spiro atoms. The van der Waals surface area contributed by atoms with Crippen LogP contribution in [-0.4, -0.2) is 34.1 Å². The number of thiophene rings is 1. The number of fused-ring (bicyclic) bond motifs is 1. The maximum Gasteiger partial charge on any atom is 0.349 e. The van der Waals surface area contributed by atoms with Gasteiger partial charge in [0.2, 0.25) is 0 Å². The Hall–Kier alpha value is -0.950. The van der Waals surface area contributed by atoms with E-state index in [0.29, 0.717) is 18.5 Å². The van der Waals surface area contributed by atoms with Crippen molar-refractivity contribution in [1.29, 1.82) is 0 Å². The van der Waals surface area contributed by atoms with E-state index in [1.165, 1.54) is 11.3 Å². The number of benzene rings is 1. The van der Waals surface area contributed by atoms with Gasteiger partial charge in [0.25, 0.3) is 5.91 Å². The van der Waals surface area contributed by atoms with E-state index in [1.54, 1.807) is 5.38 Å². The minimum atomic E-state index is -4.45. The summed E-state index contributed by atoms with van der Waals surface area (Å²) < 4.78 is 12.8. The van der Waals surface area contributed by atoms with Gasteiger partial charge >= 0.3 is 7.60 Å². The Bertz CT molecular complexity index is 757. The maximum absolute atomic E-state index is 12.5. The number of amides is 1. The van der Waals surface area contributed by atoms with Crippen molar-refractivity contribution in [3.05, 3.63) is 35.2 Å². The van der Waals surface area contributed by atoms with Crippen LogP contribution in [0.4, 0.5) is 0 Å². The molecule has 9 heteroatoms. The second-order valence-corrected chi connectivity index (χ2v) is 8.36. The molecule has 2 aromatic rings. The first-order chi connectivity index (χ1) is 11.0. The molecule has 2 atom stereocenters. The smallest absolute Gasteiger partial charge is 0.337 e. The number of nitrogens with one attached hydrogen (secondary N) is 2. The second-order valence-electron chi connectivity index (χ2n) is 5.71. The molecule has 24 heavy (non-hydrogen) atoms. The lowest BCUT2D eigenvalue weighted by Gasteiger charge is -2.32. The number of piperidine rings is 1. The number of hydrogen-bond acceptors (Lipinski definition) is 4. The molecule has 132 valence electrons. The van der Waals surface area contributed by atoms with E-state index in [-0.39, 0.29) is 12.4 Å². The lowest BCUT2D eigenvalue weighted by Crippen LogP contribution is -2.51. The normalized spacial score (nSPS) is 19.5. The van der Waals surface area contributed by atoms with Crippen molar-refractivity contribution in [2.75, 3.05) is 6.54 Å². The topological polar surface area (TPSA) is 98.7 Å². The number of carbonyl (C=O) groups is 1. The van der Waals surface area contributed by atoms with Crippen LogP contribution in [0.25, 0.3) is 10.1 Å². The van der Waals surface area contributed by atoms with Gasteiger partial charge in [0.15, 0.2) is 0 Å². The summed E-state index contributed by atoms with van der Waals surface area (Å²) in [6.45, 7) is 0.707.